The quantitative estimate of drug-likeness (QED) is 0.833. The van der Waals surface area contributed by atoms with Gasteiger partial charge >= 0.3 is 0 Å². The van der Waals surface area contributed by atoms with Gasteiger partial charge in [0.2, 0.25) is 0 Å². The maximum Gasteiger partial charge on any atom is 0.0969 e. The molecule has 5 nitrogen and oxygen atoms in total. The molecule has 0 spiro atoms. The highest BCUT2D eigenvalue weighted by Gasteiger charge is 2.41. The van der Waals surface area contributed by atoms with Gasteiger partial charge in [0.05, 0.1) is 5.69 Å². The molecule has 0 saturated heterocycles. The lowest BCUT2D eigenvalue weighted by Gasteiger charge is -2.12. The molecule has 1 saturated carbocycles. The van der Waals surface area contributed by atoms with Crippen molar-refractivity contribution in [1.29, 1.82) is 0 Å². The van der Waals surface area contributed by atoms with Crippen LogP contribution in [0.4, 0.5) is 0 Å². The van der Waals surface area contributed by atoms with Crippen LogP contribution >= 0.6 is 0 Å². The second-order valence-electron chi connectivity index (χ2n) is 5.67. The standard InChI is InChI=1S/C15H20N4O/c1-19-9-13(8-17-10-15(11-20)4-5-15)14(18-19)12-2-6-16-7-3-12/h2-3,6-7,9,17,20H,4-5,8,10-11H2,1H3. The summed E-state index contributed by atoms with van der Waals surface area (Å²) in [6, 6.07) is 3.95. The summed E-state index contributed by atoms with van der Waals surface area (Å²) in [5.74, 6) is 0. The zero-order valence-electron chi connectivity index (χ0n) is 11.7. The van der Waals surface area contributed by atoms with Gasteiger partial charge in [-0.05, 0) is 25.0 Å². The largest absolute Gasteiger partial charge is 0.396 e. The molecule has 20 heavy (non-hydrogen) atoms. The normalized spacial score (nSPS) is 16.3. The van der Waals surface area contributed by atoms with E-state index in [1.165, 1.54) is 5.56 Å². The molecule has 0 unspecified atom stereocenters. The number of aromatic nitrogens is 3. The van der Waals surface area contributed by atoms with Crippen LogP contribution in [0.25, 0.3) is 11.3 Å². The van der Waals surface area contributed by atoms with Gasteiger partial charge in [-0.1, -0.05) is 0 Å². The minimum Gasteiger partial charge on any atom is -0.396 e. The van der Waals surface area contributed by atoms with Crippen LogP contribution in [0.3, 0.4) is 0 Å². The molecule has 1 aliphatic carbocycles. The molecule has 5 heteroatoms. The van der Waals surface area contributed by atoms with Crippen LogP contribution in [0.2, 0.25) is 0 Å². The maximum atomic E-state index is 9.33. The molecule has 1 aliphatic rings. The van der Waals surface area contributed by atoms with Crippen LogP contribution in [-0.2, 0) is 13.6 Å². The highest BCUT2D eigenvalue weighted by Crippen LogP contribution is 2.44. The van der Waals surface area contributed by atoms with Crippen molar-refractivity contribution in [1.82, 2.24) is 20.1 Å². The highest BCUT2D eigenvalue weighted by molar-refractivity contribution is 5.61. The van der Waals surface area contributed by atoms with E-state index < -0.39 is 0 Å². The summed E-state index contributed by atoms with van der Waals surface area (Å²) in [5.41, 5.74) is 3.39. The van der Waals surface area contributed by atoms with Gasteiger partial charge in [0.15, 0.2) is 0 Å². The van der Waals surface area contributed by atoms with Crippen molar-refractivity contribution in [2.75, 3.05) is 13.2 Å². The molecule has 2 aromatic rings. The van der Waals surface area contributed by atoms with Crippen LogP contribution < -0.4 is 5.32 Å². The van der Waals surface area contributed by atoms with Crippen LogP contribution in [0, 0.1) is 5.41 Å². The van der Waals surface area contributed by atoms with Gasteiger partial charge in [-0.2, -0.15) is 5.10 Å². The zero-order valence-corrected chi connectivity index (χ0v) is 11.7. The molecule has 1 fully saturated rings. The fraction of sp³-hybridized carbons (Fsp3) is 0.467. The van der Waals surface area contributed by atoms with E-state index in [0.29, 0.717) is 0 Å². The third kappa shape index (κ3) is 2.73. The molecule has 0 atom stereocenters. The van der Waals surface area contributed by atoms with Crippen LogP contribution in [0.1, 0.15) is 18.4 Å². The Bertz CT molecular complexity index is 575. The van der Waals surface area contributed by atoms with Crippen molar-refractivity contribution in [3.05, 3.63) is 36.3 Å². The topological polar surface area (TPSA) is 63.0 Å². The van der Waals surface area contributed by atoms with E-state index in [0.717, 1.165) is 37.2 Å². The van der Waals surface area contributed by atoms with Gasteiger partial charge in [0, 0.05) is 61.9 Å². The smallest absolute Gasteiger partial charge is 0.0969 e. The number of hydrogen-bond donors (Lipinski definition) is 2. The van der Waals surface area contributed by atoms with Crippen LogP contribution in [0.5, 0.6) is 0 Å². The van der Waals surface area contributed by atoms with Crippen molar-refractivity contribution in [2.24, 2.45) is 12.5 Å². The molecule has 0 aliphatic heterocycles. The van der Waals surface area contributed by atoms with E-state index in [-0.39, 0.29) is 12.0 Å². The van der Waals surface area contributed by atoms with E-state index in [2.05, 4.69) is 15.4 Å². The Balaban J connectivity index is 1.70. The maximum absolute atomic E-state index is 9.33. The van der Waals surface area contributed by atoms with Crippen LogP contribution in [-0.4, -0.2) is 33.0 Å². The summed E-state index contributed by atoms with van der Waals surface area (Å²) in [6.07, 6.45) is 7.86. The molecular weight excluding hydrogens is 252 g/mol. The number of pyridine rings is 1. The van der Waals surface area contributed by atoms with Gasteiger partial charge in [-0.3, -0.25) is 9.67 Å². The molecule has 0 aromatic carbocycles. The first-order chi connectivity index (χ1) is 9.72. The second kappa shape index (κ2) is 5.34. The Labute approximate surface area is 118 Å². The van der Waals surface area contributed by atoms with E-state index in [1.54, 1.807) is 12.4 Å². The molecule has 2 aromatic heterocycles. The van der Waals surface area contributed by atoms with Gasteiger partial charge in [-0.25, -0.2) is 0 Å². The monoisotopic (exact) mass is 272 g/mol. The number of aliphatic hydroxyl groups is 1. The Kier molecular flexibility index (Phi) is 3.54. The van der Waals surface area contributed by atoms with Gasteiger partial charge in [0.1, 0.15) is 0 Å². The predicted octanol–water partition coefficient (Wildman–Crippen LogP) is 1.34. The first-order valence-corrected chi connectivity index (χ1v) is 6.97. The lowest BCUT2D eigenvalue weighted by atomic mass is 10.1. The molecule has 2 N–H and O–H groups in total. The second-order valence-corrected chi connectivity index (χ2v) is 5.67. The first-order valence-electron chi connectivity index (χ1n) is 6.97. The summed E-state index contributed by atoms with van der Waals surface area (Å²) in [5, 5.41) is 17.3. The molecular formula is C15H20N4O. The van der Waals surface area contributed by atoms with Gasteiger partial charge < -0.3 is 10.4 Å². The van der Waals surface area contributed by atoms with E-state index in [9.17, 15) is 5.11 Å². The molecule has 0 amide bonds. The molecule has 3 rings (SSSR count). The molecule has 0 bridgehead atoms. The molecule has 0 radical (unpaired) electrons. The van der Waals surface area contributed by atoms with Gasteiger partial charge in [0.25, 0.3) is 0 Å². The summed E-state index contributed by atoms with van der Waals surface area (Å²) >= 11 is 0. The van der Waals surface area contributed by atoms with Gasteiger partial charge in [-0.15, -0.1) is 0 Å². The zero-order chi connectivity index (χ0) is 14.0. The Morgan fingerprint density at radius 2 is 2.10 bits per heavy atom. The van der Waals surface area contributed by atoms with E-state index in [1.807, 2.05) is 30.1 Å². The summed E-state index contributed by atoms with van der Waals surface area (Å²) in [6.45, 7) is 1.92. The minimum atomic E-state index is 0.138. The average Bonchev–Trinajstić information content (AvgIpc) is 3.16. The lowest BCUT2D eigenvalue weighted by molar-refractivity contribution is 0.207. The number of nitrogens with one attached hydrogen (secondary N) is 1. The fourth-order valence-electron chi connectivity index (χ4n) is 2.45. The Morgan fingerprint density at radius 3 is 2.75 bits per heavy atom. The summed E-state index contributed by atoms with van der Waals surface area (Å²) < 4.78 is 1.84. The lowest BCUT2D eigenvalue weighted by Crippen LogP contribution is -2.26. The van der Waals surface area contributed by atoms with Crippen molar-refractivity contribution < 1.29 is 5.11 Å². The predicted molar refractivity (Wildman–Crippen MR) is 76.9 cm³/mol. The minimum absolute atomic E-state index is 0.138. The number of aliphatic hydroxyl groups excluding tert-OH is 1. The SMILES string of the molecule is Cn1cc(CNCC2(CO)CC2)c(-c2ccncc2)n1. The summed E-state index contributed by atoms with van der Waals surface area (Å²) in [7, 11) is 1.93. The number of hydrogen-bond acceptors (Lipinski definition) is 4. The molecule has 2 heterocycles. The third-order valence-electron chi connectivity index (χ3n) is 3.97. The number of aryl methyl sites for hydroxylation is 1. The van der Waals surface area contributed by atoms with Crippen LogP contribution in [0.15, 0.2) is 30.7 Å². The Hall–Kier alpha value is -1.72. The van der Waals surface area contributed by atoms with Crippen molar-refractivity contribution >= 4 is 0 Å². The molecule has 106 valence electrons. The fourth-order valence-corrected chi connectivity index (χ4v) is 2.45. The number of nitrogens with zero attached hydrogens (tertiary/aromatic N) is 3. The number of rotatable bonds is 6. The van der Waals surface area contributed by atoms with E-state index in [4.69, 9.17) is 0 Å². The third-order valence-corrected chi connectivity index (χ3v) is 3.97. The first kappa shape index (κ1) is 13.3. The van der Waals surface area contributed by atoms with Crippen molar-refractivity contribution in [3.63, 3.8) is 0 Å². The van der Waals surface area contributed by atoms with Crippen molar-refractivity contribution in [3.8, 4) is 11.3 Å². The Morgan fingerprint density at radius 1 is 1.35 bits per heavy atom. The average molecular weight is 272 g/mol. The summed E-state index contributed by atoms with van der Waals surface area (Å²) in [4.78, 5) is 4.04. The van der Waals surface area contributed by atoms with Crippen molar-refractivity contribution in [2.45, 2.75) is 19.4 Å². The van der Waals surface area contributed by atoms with E-state index >= 15 is 0 Å². The highest BCUT2D eigenvalue weighted by atomic mass is 16.3.